The largest absolute Gasteiger partial charge is 0.271 e. The van der Waals surface area contributed by atoms with Gasteiger partial charge in [0.2, 0.25) is 0 Å². The van der Waals surface area contributed by atoms with Gasteiger partial charge in [-0.25, -0.2) is 5.43 Å². The van der Waals surface area contributed by atoms with Gasteiger partial charge in [0.1, 0.15) is 0 Å². The maximum atomic E-state index is 5.34. The van der Waals surface area contributed by atoms with Gasteiger partial charge in [-0.15, -0.1) is 6.58 Å². The second-order valence-corrected chi connectivity index (χ2v) is 2.56. The van der Waals surface area contributed by atoms with Gasteiger partial charge in [0.25, 0.3) is 0 Å². The van der Waals surface area contributed by atoms with Crippen molar-refractivity contribution in [3.8, 4) is 0 Å². The first-order valence-electron chi connectivity index (χ1n) is 3.79. The first-order valence-corrected chi connectivity index (χ1v) is 3.79. The summed E-state index contributed by atoms with van der Waals surface area (Å²) >= 11 is 0. The Morgan fingerprint density at radius 1 is 1.75 bits per heavy atom. The van der Waals surface area contributed by atoms with Crippen molar-refractivity contribution in [3.63, 3.8) is 0 Å². The van der Waals surface area contributed by atoms with Crippen LogP contribution in [0.4, 0.5) is 0 Å². The fourth-order valence-electron chi connectivity index (χ4n) is 1.11. The Bertz CT molecular complexity index is 270. The SMILES string of the molecule is C=CC(NN)c1cccnc1C. The molecule has 3 heteroatoms. The van der Waals surface area contributed by atoms with E-state index in [4.69, 9.17) is 5.84 Å². The lowest BCUT2D eigenvalue weighted by atomic mass is 10.1. The topological polar surface area (TPSA) is 50.9 Å². The highest BCUT2D eigenvalue weighted by Gasteiger charge is 2.06. The van der Waals surface area contributed by atoms with Crippen LogP contribution in [-0.2, 0) is 0 Å². The van der Waals surface area contributed by atoms with Crippen LogP contribution in [0.15, 0.2) is 31.0 Å². The number of aryl methyl sites for hydroxylation is 1. The zero-order valence-electron chi connectivity index (χ0n) is 7.12. The molecule has 1 rings (SSSR count). The highest BCUT2D eigenvalue weighted by Crippen LogP contribution is 2.14. The van der Waals surface area contributed by atoms with E-state index >= 15 is 0 Å². The van der Waals surface area contributed by atoms with Crippen LogP contribution in [0.3, 0.4) is 0 Å². The van der Waals surface area contributed by atoms with E-state index in [1.807, 2.05) is 19.1 Å². The minimum absolute atomic E-state index is 0.0151. The molecule has 1 unspecified atom stereocenters. The first-order chi connectivity index (χ1) is 5.79. The average molecular weight is 163 g/mol. The molecule has 0 aromatic carbocycles. The molecule has 1 aromatic heterocycles. The van der Waals surface area contributed by atoms with Gasteiger partial charge in [0.05, 0.1) is 6.04 Å². The minimum Gasteiger partial charge on any atom is -0.271 e. The van der Waals surface area contributed by atoms with Gasteiger partial charge in [-0.1, -0.05) is 12.1 Å². The third-order valence-corrected chi connectivity index (χ3v) is 1.80. The Hall–Kier alpha value is -1.19. The van der Waals surface area contributed by atoms with Crippen molar-refractivity contribution in [3.05, 3.63) is 42.2 Å². The minimum atomic E-state index is -0.0151. The molecule has 0 saturated carbocycles. The second-order valence-electron chi connectivity index (χ2n) is 2.56. The van der Waals surface area contributed by atoms with Crippen LogP contribution in [0.1, 0.15) is 17.3 Å². The van der Waals surface area contributed by atoms with Crippen molar-refractivity contribution in [2.75, 3.05) is 0 Å². The summed E-state index contributed by atoms with van der Waals surface area (Å²) < 4.78 is 0. The van der Waals surface area contributed by atoms with Crippen molar-refractivity contribution in [1.82, 2.24) is 10.4 Å². The van der Waals surface area contributed by atoms with Gasteiger partial charge in [0, 0.05) is 11.9 Å². The molecule has 0 bridgehead atoms. The Labute approximate surface area is 72.3 Å². The summed E-state index contributed by atoms with van der Waals surface area (Å²) in [6.45, 7) is 5.63. The van der Waals surface area contributed by atoms with Gasteiger partial charge in [-0.3, -0.25) is 10.8 Å². The number of pyridine rings is 1. The van der Waals surface area contributed by atoms with E-state index < -0.39 is 0 Å². The monoisotopic (exact) mass is 163 g/mol. The molecule has 0 spiro atoms. The Kier molecular flexibility index (Phi) is 2.96. The van der Waals surface area contributed by atoms with E-state index in [0.29, 0.717) is 0 Å². The molecule has 3 nitrogen and oxygen atoms in total. The molecule has 0 fully saturated rings. The summed E-state index contributed by atoms with van der Waals surface area (Å²) in [6.07, 6.45) is 3.51. The Morgan fingerprint density at radius 3 is 3.00 bits per heavy atom. The summed E-state index contributed by atoms with van der Waals surface area (Å²) in [5.41, 5.74) is 4.69. The van der Waals surface area contributed by atoms with Gasteiger partial charge < -0.3 is 0 Å². The second kappa shape index (κ2) is 3.99. The number of rotatable bonds is 3. The van der Waals surface area contributed by atoms with E-state index in [0.717, 1.165) is 11.3 Å². The van der Waals surface area contributed by atoms with Crippen molar-refractivity contribution in [2.45, 2.75) is 13.0 Å². The zero-order chi connectivity index (χ0) is 8.97. The van der Waals surface area contributed by atoms with Crippen molar-refractivity contribution in [1.29, 1.82) is 0 Å². The van der Waals surface area contributed by atoms with Crippen LogP contribution in [0.2, 0.25) is 0 Å². The Balaban J connectivity index is 3.00. The molecule has 64 valence electrons. The summed E-state index contributed by atoms with van der Waals surface area (Å²) in [5.74, 6) is 5.34. The van der Waals surface area contributed by atoms with Crippen LogP contribution in [-0.4, -0.2) is 4.98 Å². The fraction of sp³-hybridized carbons (Fsp3) is 0.222. The highest BCUT2D eigenvalue weighted by molar-refractivity contribution is 5.25. The van der Waals surface area contributed by atoms with Crippen LogP contribution in [0, 0.1) is 6.92 Å². The quantitative estimate of drug-likeness (QED) is 0.398. The molecule has 0 amide bonds. The van der Waals surface area contributed by atoms with E-state index in [9.17, 15) is 0 Å². The van der Waals surface area contributed by atoms with Crippen molar-refractivity contribution < 1.29 is 0 Å². The average Bonchev–Trinajstić information content (AvgIpc) is 2.10. The van der Waals surface area contributed by atoms with Gasteiger partial charge in [-0.2, -0.15) is 0 Å². The van der Waals surface area contributed by atoms with Crippen LogP contribution in [0.25, 0.3) is 0 Å². The molecule has 1 atom stereocenters. The van der Waals surface area contributed by atoms with Crippen LogP contribution >= 0.6 is 0 Å². The maximum absolute atomic E-state index is 5.34. The maximum Gasteiger partial charge on any atom is 0.0655 e. The molecule has 1 aromatic rings. The van der Waals surface area contributed by atoms with Gasteiger partial charge >= 0.3 is 0 Å². The fourth-order valence-corrected chi connectivity index (χ4v) is 1.11. The summed E-state index contributed by atoms with van der Waals surface area (Å²) in [6, 6.07) is 3.85. The van der Waals surface area contributed by atoms with E-state index in [1.54, 1.807) is 12.3 Å². The standard InChI is InChI=1S/C9H13N3/c1-3-9(12-10)8-5-4-6-11-7(8)2/h3-6,9,12H,1,10H2,2H3. The molecule has 1 heterocycles. The number of aromatic nitrogens is 1. The molecular weight excluding hydrogens is 150 g/mol. The van der Waals surface area contributed by atoms with Crippen LogP contribution < -0.4 is 11.3 Å². The van der Waals surface area contributed by atoms with Crippen LogP contribution in [0.5, 0.6) is 0 Å². The lowest BCUT2D eigenvalue weighted by molar-refractivity contribution is 0.650. The number of nitrogens with zero attached hydrogens (tertiary/aromatic N) is 1. The number of nitrogens with two attached hydrogens (primary N) is 1. The third-order valence-electron chi connectivity index (χ3n) is 1.80. The van der Waals surface area contributed by atoms with Crippen molar-refractivity contribution in [2.24, 2.45) is 5.84 Å². The molecule has 0 saturated heterocycles. The summed E-state index contributed by atoms with van der Waals surface area (Å²) in [5, 5.41) is 0. The normalized spacial score (nSPS) is 12.5. The summed E-state index contributed by atoms with van der Waals surface area (Å²) in [4.78, 5) is 4.15. The molecule has 0 aliphatic carbocycles. The predicted molar refractivity (Wildman–Crippen MR) is 49.2 cm³/mol. The third kappa shape index (κ3) is 1.69. The van der Waals surface area contributed by atoms with E-state index in [2.05, 4.69) is 17.0 Å². The number of hydrogen-bond acceptors (Lipinski definition) is 3. The van der Waals surface area contributed by atoms with Crippen molar-refractivity contribution >= 4 is 0 Å². The van der Waals surface area contributed by atoms with E-state index in [1.165, 1.54) is 0 Å². The molecule has 12 heavy (non-hydrogen) atoms. The smallest absolute Gasteiger partial charge is 0.0655 e. The van der Waals surface area contributed by atoms with E-state index in [-0.39, 0.29) is 6.04 Å². The van der Waals surface area contributed by atoms with Gasteiger partial charge in [0.15, 0.2) is 0 Å². The Morgan fingerprint density at radius 2 is 2.50 bits per heavy atom. The lowest BCUT2D eigenvalue weighted by Crippen LogP contribution is -2.27. The molecular formula is C9H13N3. The summed E-state index contributed by atoms with van der Waals surface area (Å²) in [7, 11) is 0. The molecule has 3 N–H and O–H groups in total. The number of hydrazine groups is 1. The highest BCUT2D eigenvalue weighted by atomic mass is 15.2. The molecule has 0 aliphatic heterocycles. The lowest BCUT2D eigenvalue weighted by Gasteiger charge is -2.12. The first kappa shape index (κ1) is 8.90. The predicted octanol–water partition coefficient (Wildman–Crippen LogP) is 1.08. The number of hydrogen-bond donors (Lipinski definition) is 2. The number of nitrogens with one attached hydrogen (secondary N) is 1. The zero-order valence-corrected chi connectivity index (χ0v) is 7.12. The molecule has 0 radical (unpaired) electrons. The molecule has 0 aliphatic rings. The van der Waals surface area contributed by atoms with Gasteiger partial charge in [-0.05, 0) is 18.6 Å².